The Balaban J connectivity index is 2.69. The van der Waals surface area contributed by atoms with Crippen molar-refractivity contribution >= 4 is 23.6 Å². The van der Waals surface area contributed by atoms with Crippen LogP contribution in [0.5, 0.6) is 0 Å². The Morgan fingerprint density at radius 3 is 2.39 bits per heavy atom. The molecule has 0 aliphatic heterocycles. The molecule has 0 aliphatic rings. The summed E-state index contributed by atoms with van der Waals surface area (Å²) < 4.78 is 0. The lowest BCUT2D eigenvalue weighted by molar-refractivity contribution is -0.140. The van der Waals surface area contributed by atoms with Gasteiger partial charge < -0.3 is 15.5 Å². The fourth-order valence-electron chi connectivity index (χ4n) is 1.35. The molecule has 0 saturated heterocycles. The molecule has 5 nitrogen and oxygen atoms in total. The number of hydrogen-bond acceptors (Lipinski definition) is 4. The Hall–Kier alpha value is -1.53. The number of carbonyl (C=O) groups is 2. The van der Waals surface area contributed by atoms with E-state index in [0.29, 0.717) is 5.56 Å². The third-order valence-corrected chi connectivity index (χ3v) is 2.94. The Labute approximate surface area is 109 Å². The van der Waals surface area contributed by atoms with Gasteiger partial charge in [0.2, 0.25) is 0 Å². The van der Waals surface area contributed by atoms with Crippen LogP contribution in [0.1, 0.15) is 15.9 Å². The van der Waals surface area contributed by atoms with Gasteiger partial charge in [0.1, 0.15) is 0 Å². The van der Waals surface area contributed by atoms with Gasteiger partial charge in [0.05, 0.1) is 6.61 Å². The molecule has 0 saturated carbocycles. The standard InChI is InChI=1S/C12H15NO4S/c1-18-7-8-2-4-9(5-3-8)11(15)13-10(6-14)12(16)17/h2-5,10,14H,6-7H2,1H3,(H,13,15)(H,16,17)/t10-/m0/s1. The minimum atomic E-state index is -1.27. The number of nitrogens with one attached hydrogen (secondary N) is 1. The van der Waals surface area contributed by atoms with Crippen molar-refractivity contribution < 1.29 is 19.8 Å². The van der Waals surface area contributed by atoms with Crippen molar-refractivity contribution in [2.24, 2.45) is 0 Å². The summed E-state index contributed by atoms with van der Waals surface area (Å²) in [5.41, 5.74) is 1.47. The van der Waals surface area contributed by atoms with Crippen molar-refractivity contribution in [1.29, 1.82) is 0 Å². The van der Waals surface area contributed by atoms with Crippen molar-refractivity contribution in [2.75, 3.05) is 12.9 Å². The lowest BCUT2D eigenvalue weighted by Crippen LogP contribution is -2.43. The normalized spacial score (nSPS) is 11.9. The summed E-state index contributed by atoms with van der Waals surface area (Å²) in [6.45, 7) is -0.633. The molecule has 6 heteroatoms. The molecule has 1 rings (SSSR count). The number of rotatable bonds is 6. The average molecular weight is 269 g/mol. The maximum Gasteiger partial charge on any atom is 0.328 e. The molecule has 0 radical (unpaired) electrons. The van der Waals surface area contributed by atoms with E-state index in [-0.39, 0.29) is 0 Å². The van der Waals surface area contributed by atoms with Crippen LogP contribution in [0.3, 0.4) is 0 Å². The Morgan fingerprint density at radius 1 is 1.33 bits per heavy atom. The minimum absolute atomic E-state index is 0.375. The van der Waals surface area contributed by atoms with E-state index in [1.165, 1.54) is 0 Å². The van der Waals surface area contributed by atoms with Crippen molar-refractivity contribution in [3.8, 4) is 0 Å². The van der Waals surface area contributed by atoms with Crippen molar-refractivity contribution in [3.63, 3.8) is 0 Å². The SMILES string of the molecule is CSCc1ccc(C(=O)N[C@@H](CO)C(=O)O)cc1. The molecule has 98 valence electrons. The molecule has 18 heavy (non-hydrogen) atoms. The lowest BCUT2D eigenvalue weighted by atomic mass is 10.1. The van der Waals surface area contributed by atoms with Gasteiger partial charge in [0, 0.05) is 11.3 Å². The predicted molar refractivity (Wildman–Crippen MR) is 69.6 cm³/mol. The van der Waals surface area contributed by atoms with E-state index < -0.39 is 24.5 Å². The molecule has 0 aromatic heterocycles. The van der Waals surface area contributed by atoms with E-state index >= 15 is 0 Å². The molecule has 0 bridgehead atoms. The zero-order valence-corrected chi connectivity index (χ0v) is 10.7. The first-order valence-electron chi connectivity index (χ1n) is 5.31. The molecular formula is C12H15NO4S. The van der Waals surface area contributed by atoms with E-state index in [9.17, 15) is 9.59 Å². The van der Waals surface area contributed by atoms with E-state index in [1.807, 2.05) is 18.4 Å². The number of benzene rings is 1. The summed E-state index contributed by atoms with van der Waals surface area (Å²) in [4.78, 5) is 22.4. The van der Waals surface area contributed by atoms with Crippen LogP contribution in [0.2, 0.25) is 0 Å². The fourth-order valence-corrected chi connectivity index (χ4v) is 1.87. The number of carboxylic acid groups (broad SMARTS) is 1. The van der Waals surface area contributed by atoms with Crippen LogP contribution >= 0.6 is 11.8 Å². The van der Waals surface area contributed by atoms with Gasteiger partial charge in [-0.1, -0.05) is 12.1 Å². The van der Waals surface area contributed by atoms with Gasteiger partial charge in [-0.3, -0.25) is 4.79 Å². The average Bonchev–Trinajstić information content (AvgIpc) is 2.36. The van der Waals surface area contributed by atoms with Crippen LogP contribution in [0.4, 0.5) is 0 Å². The van der Waals surface area contributed by atoms with Gasteiger partial charge in [-0.2, -0.15) is 11.8 Å². The highest BCUT2D eigenvalue weighted by atomic mass is 32.2. The smallest absolute Gasteiger partial charge is 0.328 e. The zero-order chi connectivity index (χ0) is 13.5. The quantitative estimate of drug-likeness (QED) is 0.708. The molecule has 0 heterocycles. The predicted octanol–water partition coefficient (Wildman–Crippen LogP) is 0.725. The minimum Gasteiger partial charge on any atom is -0.480 e. The number of hydrogen-bond donors (Lipinski definition) is 3. The van der Waals surface area contributed by atoms with Crippen molar-refractivity contribution in [3.05, 3.63) is 35.4 Å². The highest BCUT2D eigenvalue weighted by molar-refractivity contribution is 7.97. The first kappa shape index (κ1) is 14.5. The molecule has 0 spiro atoms. The van der Waals surface area contributed by atoms with Crippen LogP contribution in [-0.2, 0) is 10.5 Å². The van der Waals surface area contributed by atoms with Crippen LogP contribution < -0.4 is 5.32 Å². The number of aliphatic hydroxyl groups is 1. The molecule has 1 amide bonds. The first-order chi connectivity index (χ1) is 8.58. The zero-order valence-electron chi connectivity index (χ0n) is 9.92. The van der Waals surface area contributed by atoms with E-state index in [2.05, 4.69) is 5.32 Å². The maximum atomic E-state index is 11.7. The van der Waals surface area contributed by atoms with Crippen LogP contribution in [-0.4, -0.2) is 41.0 Å². The fraction of sp³-hybridized carbons (Fsp3) is 0.333. The first-order valence-corrected chi connectivity index (χ1v) is 6.70. The van der Waals surface area contributed by atoms with E-state index in [0.717, 1.165) is 11.3 Å². The molecule has 1 aromatic carbocycles. The highest BCUT2D eigenvalue weighted by Gasteiger charge is 2.19. The summed E-state index contributed by atoms with van der Waals surface area (Å²) in [6, 6.07) is 5.64. The second kappa shape index (κ2) is 7.03. The highest BCUT2D eigenvalue weighted by Crippen LogP contribution is 2.10. The van der Waals surface area contributed by atoms with Crippen LogP contribution in [0, 0.1) is 0 Å². The van der Waals surface area contributed by atoms with E-state index in [1.54, 1.807) is 23.9 Å². The number of carboxylic acids is 1. The van der Waals surface area contributed by atoms with Gasteiger partial charge in [-0.15, -0.1) is 0 Å². The summed E-state index contributed by atoms with van der Waals surface area (Å²) in [5.74, 6) is -0.909. The van der Waals surface area contributed by atoms with Gasteiger partial charge in [-0.25, -0.2) is 4.79 Å². The lowest BCUT2D eigenvalue weighted by Gasteiger charge is -2.11. The summed E-state index contributed by atoms with van der Waals surface area (Å²) in [5, 5.41) is 19.8. The maximum absolute atomic E-state index is 11.7. The number of carbonyl (C=O) groups excluding carboxylic acids is 1. The number of amides is 1. The number of aliphatic hydroxyl groups excluding tert-OH is 1. The molecule has 1 atom stereocenters. The van der Waals surface area contributed by atoms with Crippen molar-refractivity contribution in [1.82, 2.24) is 5.32 Å². The monoisotopic (exact) mass is 269 g/mol. The van der Waals surface area contributed by atoms with Gasteiger partial charge in [0.15, 0.2) is 6.04 Å². The summed E-state index contributed by atoms with van der Waals surface area (Å²) in [7, 11) is 0. The number of thioether (sulfide) groups is 1. The molecule has 0 unspecified atom stereocenters. The Morgan fingerprint density at radius 2 is 1.94 bits per heavy atom. The van der Waals surface area contributed by atoms with Gasteiger partial charge in [-0.05, 0) is 24.0 Å². The third kappa shape index (κ3) is 4.05. The van der Waals surface area contributed by atoms with E-state index in [4.69, 9.17) is 10.2 Å². The second-order valence-corrected chi connectivity index (χ2v) is 4.54. The van der Waals surface area contributed by atoms with Gasteiger partial charge in [0.25, 0.3) is 5.91 Å². The molecular weight excluding hydrogens is 254 g/mol. The number of aliphatic carboxylic acids is 1. The van der Waals surface area contributed by atoms with Crippen LogP contribution in [0.15, 0.2) is 24.3 Å². The molecule has 0 aliphatic carbocycles. The largest absolute Gasteiger partial charge is 0.480 e. The molecule has 3 N–H and O–H groups in total. The summed E-state index contributed by atoms with van der Waals surface area (Å²) in [6.07, 6.45) is 1.99. The Kier molecular flexibility index (Phi) is 5.67. The van der Waals surface area contributed by atoms with Crippen LogP contribution in [0.25, 0.3) is 0 Å². The Bertz CT molecular complexity index is 419. The topological polar surface area (TPSA) is 86.6 Å². The van der Waals surface area contributed by atoms with Gasteiger partial charge >= 0.3 is 5.97 Å². The third-order valence-electron chi connectivity index (χ3n) is 2.31. The molecule has 1 aromatic rings. The van der Waals surface area contributed by atoms with Crippen molar-refractivity contribution in [2.45, 2.75) is 11.8 Å². The molecule has 0 fully saturated rings. The summed E-state index contributed by atoms with van der Waals surface area (Å²) >= 11 is 1.68. The second-order valence-electron chi connectivity index (χ2n) is 3.68.